The lowest BCUT2D eigenvalue weighted by Gasteiger charge is -2.35. The summed E-state index contributed by atoms with van der Waals surface area (Å²) in [6.07, 6.45) is 3.07. The SMILES string of the molecule is C[C@@H]1C[C@H](C)CN(c2cc(I)c(Cl)cn2)C1. The van der Waals surface area contributed by atoms with E-state index in [1.54, 1.807) is 6.20 Å². The Morgan fingerprint density at radius 2 is 2.00 bits per heavy atom. The summed E-state index contributed by atoms with van der Waals surface area (Å²) >= 11 is 8.25. The monoisotopic (exact) mass is 350 g/mol. The average Bonchev–Trinajstić information content (AvgIpc) is 2.20. The molecule has 1 saturated heterocycles. The lowest BCUT2D eigenvalue weighted by molar-refractivity contribution is 0.355. The molecule has 0 bridgehead atoms. The van der Waals surface area contributed by atoms with E-state index < -0.39 is 0 Å². The smallest absolute Gasteiger partial charge is 0.129 e. The van der Waals surface area contributed by atoms with Gasteiger partial charge in [-0.05, 0) is 46.9 Å². The van der Waals surface area contributed by atoms with E-state index in [1.807, 2.05) is 0 Å². The summed E-state index contributed by atoms with van der Waals surface area (Å²) in [5.74, 6) is 2.56. The molecule has 0 N–H and O–H groups in total. The van der Waals surface area contributed by atoms with Crippen LogP contribution in [0.15, 0.2) is 12.3 Å². The van der Waals surface area contributed by atoms with Gasteiger partial charge in [0.25, 0.3) is 0 Å². The van der Waals surface area contributed by atoms with E-state index in [4.69, 9.17) is 11.6 Å². The Morgan fingerprint density at radius 3 is 2.56 bits per heavy atom. The molecule has 4 heteroatoms. The number of pyridine rings is 1. The highest BCUT2D eigenvalue weighted by atomic mass is 127. The number of aromatic nitrogens is 1. The van der Waals surface area contributed by atoms with Crippen molar-refractivity contribution in [3.05, 3.63) is 20.9 Å². The van der Waals surface area contributed by atoms with Gasteiger partial charge in [0.05, 0.1) is 5.02 Å². The molecule has 88 valence electrons. The highest BCUT2D eigenvalue weighted by molar-refractivity contribution is 14.1. The number of rotatable bonds is 1. The molecule has 0 radical (unpaired) electrons. The molecule has 1 aromatic heterocycles. The first-order valence-corrected chi connectivity index (χ1v) is 7.08. The predicted octanol–water partition coefficient (Wildman–Crippen LogP) is 3.82. The Bertz CT molecular complexity index is 373. The minimum atomic E-state index is 0.738. The number of hydrogen-bond acceptors (Lipinski definition) is 2. The summed E-state index contributed by atoms with van der Waals surface area (Å²) in [5, 5.41) is 0.738. The first-order valence-electron chi connectivity index (χ1n) is 5.62. The second kappa shape index (κ2) is 5.08. The van der Waals surface area contributed by atoms with Crippen LogP contribution in [0.3, 0.4) is 0 Å². The van der Waals surface area contributed by atoms with E-state index in [1.165, 1.54) is 6.42 Å². The van der Waals surface area contributed by atoms with Crippen molar-refractivity contribution in [2.75, 3.05) is 18.0 Å². The van der Waals surface area contributed by atoms with Crippen molar-refractivity contribution in [3.8, 4) is 0 Å². The molecule has 0 aliphatic carbocycles. The second-order valence-electron chi connectivity index (χ2n) is 4.81. The van der Waals surface area contributed by atoms with Crippen LogP contribution in [0.25, 0.3) is 0 Å². The van der Waals surface area contributed by atoms with Crippen LogP contribution in [-0.2, 0) is 0 Å². The minimum absolute atomic E-state index is 0.738. The summed E-state index contributed by atoms with van der Waals surface area (Å²) in [6.45, 7) is 6.83. The van der Waals surface area contributed by atoms with Crippen LogP contribution >= 0.6 is 34.2 Å². The topological polar surface area (TPSA) is 16.1 Å². The number of halogens is 2. The number of nitrogens with zero attached hydrogens (tertiary/aromatic N) is 2. The lowest BCUT2D eigenvalue weighted by Crippen LogP contribution is -2.39. The lowest BCUT2D eigenvalue weighted by atomic mass is 9.92. The van der Waals surface area contributed by atoms with Crippen LogP contribution < -0.4 is 4.90 Å². The fourth-order valence-corrected chi connectivity index (χ4v) is 2.95. The summed E-state index contributed by atoms with van der Waals surface area (Å²) < 4.78 is 1.08. The van der Waals surface area contributed by atoms with Crippen LogP contribution in [-0.4, -0.2) is 18.1 Å². The van der Waals surface area contributed by atoms with Crippen LogP contribution in [0.1, 0.15) is 20.3 Å². The molecule has 0 spiro atoms. The largest absolute Gasteiger partial charge is 0.356 e. The Kier molecular flexibility index (Phi) is 3.95. The van der Waals surface area contributed by atoms with E-state index in [0.29, 0.717) is 0 Å². The molecule has 0 saturated carbocycles. The van der Waals surface area contributed by atoms with Crippen molar-refractivity contribution < 1.29 is 0 Å². The molecule has 0 amide bonds. The minimum Gasteiger partial charge on any atom is -0.356 e. The molecule has 2 heterocycles. The van der Waals surface area contributed by atoms with Gasteiger partial charge in [-0.15, -0.1) is 0 Å². The Labute approximate surface area is 116 Å². The molecule has 2 rings (SSSR count). The summed E-state index contributed by atoms with van der Waals surface area (Å²) in [7, 11) is 0. The molecule has 0 unspecified atom stereocenters. The quantitative estimate of drug-likeness (QED) is 0.716. The van der Waals surface area contributed by atoms with Gasteiger partial charge < -0.3 is 4.90 Å². The molecule has 1 aliphatic rings. The van der Waals surface area contributed by atoms with Crippen molar-refractivity contribution in [1.29, 1.82) is 0 Å². The molecule has 2 nitrogen and oxygen atoms in total. The van der Waals surface area contributed by atoms with E-state index in [2.05, 4.69) is 52.4 Å². The van der Waals surface area contributed by atoms with Gasteiger partial charge in [-0.25, -0.2) is 4.98 Å². The van der Waals surface area contributed by atoms with E-state index >= 15 is 0 Å². The number of anilines is 1. The Hall–Kier alpha value is -0.0300. The van der Waals surface area contributed by atoms with Crippen molar-refractivity contribution in [1.82, 2.24) is 4.98 Å². The highest BCUT2D eigenvalue weighted by Crippen LogP contribution is 2.27. The zero-order chi connectivity index (χ0) is 11.7. The Morgan fingerprint density at radius 1 is 1.38 bits per heavy atom. The van der Waals surface area contributed by atoms with Crippen LogP contribution in [0.5, 0.6) is 0 Å². The van der Waals surface area contributed by atoms with Gasteiger partial charge in [0.15, 0.2) is 0 Å². The molecule has 2 atom stereocenters. The van der Waals surface area contributed by atoms with Gasteiger partial charge in [-0.1, -0.05) is 25.4 Å². The molecule has 0 aromatic carbocycles. The first-order chi connectivity index (χ1) is 7.56. The van der Waals surface area contributed by atoms with Crippen molar-refractivity contribution in [2.45, 2.75) is 20.3 Å². The third kappa shape index (κ3) is 2.80. The second-order valence-corrected chi connectivity index (χ2v) is 6.38. The first kappa shape index (κ1) is 12.4. The third-order valence-electron chi connectivity index (χ3n) is 2.99. The van der Waals surface area contributed by atoms with Crippen LogP contribution in [0, 0.1) is 15.4 Å². The normalized spacial score (nSPS) is 25.9. The fraction of sp³-hybridized carbons (Fsp3) is 0.583. The van der Waals surface area contributed by atoms with Crippen molar-refractivity contribution in [3.63, 3.8) is 0 Å². The highest BCUT2D eigenvalue weighted by Gasteiger charge is 2.22. The summed E-state index contributed by atoms with van der Waals surface area (Å²) in [6, 6.07) is 2.08. The van der Waals surface area contributed by atoms with Gasteiger partial charge in [0.2, 0.25) is 0 Å². The van der Waals surface area contributed by atoms with E-state index in [9.17, 15) is 0 Å². The number of hydrogen-bond donors (Lipinski definition) is 0. The Balaban J connectivity index is 2.19. The van der Waals surface area contributed by atoms with Gasteiger partial charge in [0, 0.05) is 22.9 Å². The van der Waals surface area contributed by atoms with Crippen molar-refractivity contribution >= 4 is 40.0 Å². The van der Waals surface area contributed by atoms with Gasteiger partial charge in [-0.2, -0.15) is 0 Å². The molecule has 16 heavy (non-hydrogen) atoms. The fourth-order valence-electron chi connectivity index (χ4n) is 2.43. The average molecular weight is 351 g/mol. The maximum absolute atomic E-state index is 5.99. The molecular formula is C12H16ClIN2. The van der Waals surface area contributed by atoms with Gasteiger partial charge in [-0.3, -0.25) is 0 Å². The zero-order valence-corrected chi connectivity index (χ0v) is 12.5. The summed E-state index contributed by atoms with van der Waals surface area (Å²) in [5.41, 5.74) is 0. The standard InChI is InChI=1S/C12H16ClIN2/c1-8-3-9(2)7-16(6-8)12-4-11(14)10(13)5-15-12/h4-5,8-9H,3,6-7H2,1-2H3/t8-,9+. The molecular weight excluding hydrogens is 335 g/mol. The molecule has 1 aromatic rings. The molecule has 1 fully saturated rings. The third-order valence-corrected chi connectivity index (χ3v) is 4.50. The zero-order valence-electron chi connectivity index (χ0n) is 9.58. The van der Waals surface area contributed by atoms with Gasteiger partial charge >= 0.3 is 0 Å². The maximum Gasteiger partial charge on any atom is 0.129 e. The van der Waals surface area contributed by atoms with Crippen LogP contribution in [0.2, 0.25) is 5.02 Å². The maximum atomic E-state index is 5.99. The van der Waals surface area contributed by atoms with Crippen molar-refractivity contribution in [2.24, 2.45) is 11.8 Å². The van der Waals surface area contributed by atoms with Crippen LogP contribution in [0.4, 0.5) is 5.82 Å². The molecule has 1 aliphatic heterocycles. The summed E-state index contributed by atoms with van der Waals surface area (Å²) in [4.78, 5) is 6.79. The number of piperidine rings is 1. The van der Waals surface area contributed by atoms with E-state index in [-0.39, 0.29) is 0 Å². The predicted molar refractivity (Wildman–Crippen MR) is 77.1 cm³/mol. The van der Waals surface area contributed by atoms with E-state index in [0.717, 1.165) is 39.3 Å². The van der Waals surface area contributed by atoms with Gasteiger partial charge in [0.1, 0.15) is 5.82 Å².